The smallest absolute Gasteiger partial charge is 0.249 e. The number of aromatic nitrogens is 1. The molecule has 1 fully saturated rings. The van der Waals surface area contributed by atoms with Crippen LogP contribution in [0.5, 0.6) is 0 Å². The van der Waals surface area contributed by atoms with Crippen molar-refractivity contribution < 1.29 is 18.3 Å². The highest BCUT2D eigenvalue weighted by Gasteiger charge is 2.31. The molecule has 0 aliphatic carbocycles. The van der Waals surface area contributed by atoms with E-state index in [2.05, 4.69) is 4.98 Å². The fourth-order valence-electron chi connectivity index (χ4n) is 3.17. The Morgan fingerprint density at radius 3 is 3.12 bits per heavy atom. The molecule has 5 nitrogen and oxygen atoms in total. The maximum atomic E-state index is 13.3. The van der Waals surface area contributed by atoms with Crippen molar-refractivity contribution in [1.82, 2.24) is 9.88 Å². The molecule has 1 aromatic carbocycles. The maximum Gasteiger partial charge on any atom is 0.249 e. The number of halogens is 1. The van der Waals surface area contributed by atoms with E-state index >= 15 is 0 Å². The van der Waals surface area contributed by atoms with E-state index in [0.29, 0.717) is 31.2 Å². The lowest BCUT2D eigenvalue weighted by molar-refractivity contribution is -0.140. The molecule has 2 heterocycles. The summed E-state index contributed by atoms with van der Waals surface area (Å²) < 4.78 is 24.4. The summed E-state index contributed by atoms with van der Waals surface area (Å²) in [5, 5.41) is 0. The maximum absolute atomic E-state index is 13.3. The molecular weight excluding hydrogens is 323 g/mol. The van der Waals surface area contributed by atoms with Gasteiger partial charge in [0.05, 0.1) is 6.20 Å². The summed E-state index contributed by atoms with van der Waals surface area (Å²) in [5.41, 5.74) is 0.829. The molecule has 0 spiro atoms. The van der Waals surface area contributed by atoms with E-state index < -0.39 is 0 Å². The van der Waals surface area contributed by atoms with Gasteiger partial charge in [0, 0.05) is 19.6 Å². The molecule has 0 bridgehead atoms. The second-order valence-electron chi connectivity index (χ2n) is 6.21. The van der Waals surface area contributed by atoms with Gasteiger partial charge in [-0.3, -0.25) is 4.79 Å². The lowest BCUT2D eigenvalue weighted by atomic mass is 10.0. The van der Waals surface area contributed by atoms with Crippen LogP contribution >= 0.6 is 0 Å². The average molecular weight is 346 g/mol. The monoisotopic (exact) mass is 346 g/mol. The summed E-state index contributed by atoms with van der Waals surface area (Å²) >= 11 is 0. The summed E-state index contributed by atoms with van der Waals surface area (Å²) in [6.07, 6.45) is 4.98. The summed E-state index contributed by atoms with van der Waals surface area (Å²) in [7, 11) is 0. The van der Waals surface area contributed by atoms with Crippen LogP contribution in [-0.2, 0) is 16.0 Å². The van der Waals surface area contributed by atoms with Crippen LogP contribution in [0.25, 0.3) is 0 Å². The molecule has 0 N–H and O–H groups in total. The van der Waals surface area contributed by atoms with Crippen LogP contribution in [0.15, 0.2) is 34.9 Å². The fourth-order valence-corrected chi connectivity index (χ4v) is 3.17. The van der Waals surface area contributed by atoms with E-state index in [9.17, 15) is 9.18 Å². The molecule has 6 heteroatoms. The van der Waals surface area contributed by atoms with E-state index in [1.807, 2.05) is 13.0 Å². The van der Waals surface area contributed by atoms with Crippen molar-refractivity contribution >= 4 is 5.91 Å². The third kappa shape index (κ3) is 4.45. The Morgan fingerprint density at radius 1 is 1.44 bits per heavy atom. The molecule has 1 atom stereocenters. The van der Waals surface area contributed by atoms with E-state index in [0.717, 1.165) is 24.8 Å². The topological polar surface area (TPSA) is 55.6 Å². The molecule has 0 unspecified atom stereocenters. The van der Waals surface area contributed by atoms with Crippen LogP contribution in [0.4, 0.5) is 4.39 Å². The highest BCUT2D eigenvalue weighted by Crippen LogP contribution is 2.31. The predicted octanol–water partition coefficient (Wildman–Crippen LogP) is 3.49. The van der Waals surface area contributed by atoms with Crippen molar-refractivity contribution in [3.05, 3.63) is 53.5 Å². The second-order valence-corrected chi connectivity index (χ2v) is 6.21. The van der Waals surface area contributed by atoms with Gasteiger partial charge in [-0.15, -0.1) is 0 Å². The normalized spacial score (nSPS) is 17.7. The molecule has 1 amide bonds. The van der Waals surface area contributed by atoms with Crippen molar-refractivity contribution in [2.45, 2.75) is 38.6 Å². The van der Waals surface area contributed by atoms with Crippen LogP contribution in [0.3, 0.4) is 0 Å². The largest absolute Gasteiger partial charge is 0.443 e. The van der Waals surface area contributed by atoms with Gasteiger partial charge in [0.15, 0.2) is 0 Å². The van der Waals surface area contributed by atoms with Gasteiger partial charge in [0.25, 0.3) is 0 Å². The first-order chi connectivity index (χ1) is 12.2. The van der Waals surface area contributed by atoms with Crippen molar-refractivity contribution in [3.63, 3.8) is 0 Å². The Kier molecular flexibility index (Phi) is 5.81. The van der Waals surface area contributed by atoms with Gasteiger partial charge >= 0.3 is 0 Å². The second kappa shape index (κ2) is 8.25. The molecule has 3 rings (SSSR count). The number of rotatable bonds is 6. The third-order valence-electron chi connectivity index (χ3n) is 4.38. The zero-order valence-corrected chi connectivity index (χ0v) is 14.4. The van der Waals surface area contributed by atoms with Crippen molar-refractivity contribution in [2.24, 2.45) is 0 Å². The number of oxazole rings is 1. The molecule has 1 aromatic heterocycles. The standard InChI is InChI=1S/C19H23FN2O3/c1-2-24-13-18(23)22-9-4-3-8-17(22)19-21-12-16(25-19)11-14-6-5-7-15(20)10-14/h5-7,10,12,17H,2-4,8-9,11,13H2,1H3/t17-/m1/s1. The predicted molar refractivity (Wildman–Crippen MR) is 90.5 cm³/mol. The Balaban J connectivity index is 1.71. The van der Waals surface area contributed by atoms with Crippen LogP contribution < -0.4 is 0 Å². The Hall–Kier alpha value is -2.21. The first kappa shape index (κ1) is 17.6. The SMILES string of the molecule is CCOCC(=O)N1CCCC[C@@H]1c1ncc(Cc2cccc(F)c2)o1. The van der Waals surface area contributed by atoms with Gasteiger partial charge in [-0.25, -0.2) is 9.37 Å². The zero-order valence-electron chi connectivity index (χ0n) is 14.4. The minimum Gasteiger partial charge on any atom is -0.443 e. The van der Waals surface area contributed by atoms with Crippen molar-refractivity contribution in [3.8, 4) is 0 Å². The van der Waals surface area contributed by atoms with Crippen LogP contribution in [0.1, 0.15) is 49.4 Å². The van der Waals surface area contributed by atoms with Gasteiger partial charge in [-0.1, -0.05) is 12.1 Å². The number of hydrogen-bond donors (Lipinski definition) is 0. The molecule has 1 aliphatic rings. The minimum absolute atomic E-state index is 0.0311. The lowest BCUT2D eigenvalue weighted by Gasteiger charge is -2.33. The lowest BCUT2D eigenvalue weighted by Crippen LogP contribution is -2.40. The molecule has 134 valence electrons. The van der Waals surface area contributed by atoms with Gasteiger partial charge in [0.1, 0.15) is 24.2 Å². The number of nitrogens with zero attached hydrogens (tertiary/aromatic N) is 2. The van der Waals surface area contributed by atoms with Gasteiger partial charge in [-0.2, -0.15) is 0 Å². The number of benzene rings is 1. The van der Waals surface area contributed by atoms with Crippen molar-refractivity contribution in [2.75, 3.05) is 19.8 Å². The number of piperidine rings is 1. The number of hydrogen-bond acceptors (Lipinski definition) is 4. The number of amides is 1. The van der Waals surface area contributed by atoms with Gasteiger partial charge in [-0.05, 0) is 43.9 Å². The van der Waals surface area contributed by atoms with Crippen LogP contribution in [-0.4, -0.2) is 35.5 Å². The summed E-state index contributed by atoms with van der Waals surface area (Å²) in [6, 6.07) is 6.28. The summed E-state index contributed by atoms with van der Waals surface area (Å²) in [4.78, 5) is 18.5. The zero-order chi connectivity index (χ0) is 17.6. The number of likely N-dealkylation sites (tertiary alicyclic amines) is 1. The molecule has 0 saturated carbocycles. The van der Waals surface area contributed by atoms with E-state index in [1.165, 1.54) is 12.1 Å². The van der Waals surface area contributed by atoms with Gasteiger partial charge in [0.2, 0.25) is 11.8 Å². The highest BCUT2D eigenvalue weighted by atomic mass is 19.1. The van der Waals surface area contributed by atoms with Crippen LogP contribution in [0, 0.1) is 5.82 Å². The molecule has 25 heavy (non-hydrogen) atoms. The Bertz CT molecular complexity index is 716. The van der Waals surface area contributed by atoms with E-state index in [-0.39, 0.29) is 24.4 Å². The quantitative estimate of drug-likeness (QED) is 0.803. The number of carbonyl (C=O) groups is 1. The number of ether oxygens (including phenoxy) is 1. The van der Waals surface area contributed by atoms with Gasteiger partial charge < -0.3 is 14.1 Å². The number of carbonyl (C=O) groups excluding carboxylic acids is 1. The highest BCUT2D eigenvalue weighted by molar-refractivity contribution is 5.78. The first-order valence-electron chi connectivity index (χ1n) is 8.73. The Labute approximate surface area is 146 Å². The average Bonchev–Trinajstić information content (AvgIpc) is 3.08. The van der Waals surface area contributed by atoms with E-state index in [1.54, 1.807) is 17.2 Å². The molecule has 1 saturated heterocycles. The molecule has 0 radical (unpaired) electrons. The van der Waals surface area contributed by atoms with Crippen molar-refractivity contribution in [1.29, 1.82) is 0 Å². The molecular formula is C19H23FN2O3. The third-order valence-corrected chi connectivity index (χ3v) is 4.38. The molecule has 2 aromatic rings. The Morgan fingerprint density at radius 2 is 2.32 bits per heavy atom. The summed E-state index contributed by atoms with van der Waals surface area (Å²) in [6.45, 7) is 3.16. The van der Waals surface area contributed by atoms with Crippen LogP contribution in [0.2, 0.25) is 0 Å². The fraction of sp³-hybridized carbons (Fsp3) is 0.474. The minimum atomic E-state index is -0.266. The molecule has 1 aliphatic heterocycles. The first-order valence-corrected chi connectivity index (χ1v) is 8.73. The van der Waals surface area contributed by atoms with E-state index in [4.69, 9.17) is 9.15 Å². The summed E-state index contributed by atoms with van der Waals surface area (Å²) in [5.74, 6) is 0.924.